The maximum absolute atomic E-state index is 13.5. The van der Waals surface area contributed by atoms with E-state index in [0.29, 0.717) is 23.6 Å². The summed E-state index contributed by atoms with van der Waals surface area (Å²) in [6.07, 6.45) is 2.32. The van der Waals surface area contributed by atoms with Crippen molar-refractivity contribution < 1.29 is 29.7 Å². The number of phenols is 1. The van der Waals surface area contributed by atoms with Gasteiger partial charge in [-0.3, -0.25) is 14.4 Å². The predicted molar refractivity (Wildman–Crippen MR) is 120 cm³/mol. The smallest absolute Gasteiger partial charge is 0.173 e. The number of hydrogen-bond acceptors (Lipinski definition) is 7. The van der Waals surface area contributed by atoms with Crippen LogP contribution in [-0.2, 0) is 20.8 Å². The van der Waals surface area contributed by atoms with Crippen LogP contribution in [0, 0.1) is 17.8 Å². The molecular weight excluding hydrogens is 446 g/mol. The Morgan fingerprint density at radius 3 is 2.52 bits per heavy atom. The quantitative estimate of drug-likeness (QED) is 0.449. The monoisotopic (exact) mass is 465 g/mol. The Hall–Kier alpha value is -3.45. The highest BCUT2D eigenvalue weighted by Crippen LogP contribution is 2.51. The molecule has 168 valence electrons. The zero-order chi connectivity index (χ0) is 23.6. The van der Waals surface area contributed by atoms with Gasteiger partial charge in [-0.15, -0.1) is 0 Å². The number of Topliss-reactive ketones (excluding diaryl/α,β-unsaturated/α-hetero) is 3. The zero-order valence-corrected chi connectivity index (χ0v) is 18.4. The van der Waals surface area contributed by atoms with Gasteiger partial charge in [0.25, 0.3) is 0 Å². The Morgan fingerprint density at radius 1 is 1.09 bits per heavy atom. The molecule has 0 radical (unpaired) electrons. The summed E-state index contributed by atoms with van der Waals surface area (Å²) in [5.41, 5.74) is 2.11. The molecule has 1 heterocycles. The number of fused-ring (bicyclic) bond motifs is 3. The first kappa shape index (κ1) is 21.4. The van der Waals surface area contributed by atoms with Crippen molar-refractivity contribution in [3.63, 3.8) is 0 Å². The Labute approximate surface area is 194 Å². The number of phenolic OH excluding ortho intramolecular Hbond substituents is 1. The van der Waals surface area contributed by atoms with Crippen molar-refractivity contribution in [1.82, 2.24) is 4.98 Å². The summed E-state index contributed by atoms with van der Waals surface area (Å²) in [7, 11) is 0. The van der Waals surface area contributed by atoms with Crippen molar-refractivity contribution in [2.24, 2.45) is 17.8 Å². The number of aromatic hydroxyl groups is 1. The van der Waals surface area contributed by atoms with E-state index < -0.39 is 40.9 Å². The summed E-state index contributed by atoms with van der Waals surface area (Å²) in [6.45, 7) is 1.18. The Bertz CT molecular complexity index is 1310. The van der Waals surface area contributed by atoms with Gasteiger partial charge in [0.15, 0.2) is 17.3 Å². The highest BCUT2D eigenvalue weighted by atomic mass is 35.5. The third kappa shape index (κ3) is 3.18. The zero-order valence-electron chi connectivity index (χ0n) is 17.6. The second kappa shape index (κ2) is 7.56. The topological polar surface area (TPSA) is 125 Å². The van der Waals surface area contributed by atoms with Crippen molar-refractivity contribution in [3.05, 3.63) is 63.6 Å². The largest absolute Gasteiger partial charge is 0.511 e. The van der Waals surface area contributed by atoms with Crippen LogP contribution in [0.3, 0.4) is 0 Å². The molecule has 3 atom stereocenters. The number of aliphatic hydroxyl groups excluding tert-OH is 2. The predicted octanol–water partition coefficient (Wildman–Crippen LogP) is 4.13. The van der Waals surface area contributed by atoms with Crippen molar-refractivity contribution >= 4 is 34.7 Å². The number of hydrogen-bond donors (Lipinski definition) is 3. The number of rotatable bonds is 2. The molecule has 1 aromatic heterocycles. The fourth-order valence-corrected chi connectivity index (χ4v) is 5.67. The van der Waals surface area contributed by atoms with E-state index in [2.05, 4.69) is 4.98 Å². The first-order valence-electron chi connectivity index (χ1n) is 10.6. The molecule has 8 heteroatoms. The van der Waals surface area contributed by atoms with Gasteiger partial charge >= 0.3 is 0 Å². The van der Waals surface area contributed by atoms with Crippen LogP contribution >= 0.6 is 11.6 Å². The van der Waals surface area contributed by atoms with Crippen molar-refractivity contribution in [1.29, 1.82) is 0 Å². The third-order valence-electron chi connectivity index (χ3n) is 6.92. The average molecular weight is 466 g/mol. The van der Waals surface area contributed by atoms with Crippen LogP contribution in [0.1, 0.15) is 30.9 Å². The highest BCUT2D eigenvalue weighted by molar-refractivity contribution is 6.29. The Morgan fingerprint density at radius 2 is 1.85 bits per heavy atom. The molecule has 1 fully saturated rings. The summed E-state index contributed by atoms with van der Waals surface area (Å²) in [5.74, 6) is -4.49. The molecule has 0 bridgehead atoms. The summed E-state index contributed by atoms with van der Waals surface area (Å²) in [4.78, 5) is 41.9. The number of carbonyl (C=O) groups is 3. The summed E-state index contributed by atoms with van der Waals surface area (Å²) < 4.78 is 0. The lowest BCUT2D eigenvalue weighted by Gasteiger charge is -2.41. The molecule has 0 aliphatic heterocycles. The van der Waals surface area contributed by atoms with E-state index in [9.17, 15) is 29.7 Å². The van der Waals surface area contributed by atoms with Crippen LogP contribution in [0.2, 0.25) is 5.15 Å². The Kier molecular flexibility index (Phi) is 4.90. The van der Waals surface area contributed by atoms with E-state index in [4.69, 9.17) is 11.6 Å². The van der Waals surface area contributed by atoms with Gasteiger partial charge in [-0.25, -0.2) is 4.98 Å². The van der Waals surface area contributed by atoms with Crippen molar-refractivity contribution in [3.8, 4) is 16.9 Å². The summed E-state index contributed by atoms with van der Waals surface area (Å²) >= 11 is 5.91. The fraction of sp³-hybridized carbons (Fsp3) is 0.280. The van der Waals surface area contributed by atoms with E-state index in [1.807, 2.05) is 0 Å². The van der Waals surface area contributed by atoms with E-state index in [-0.39, 0.29) is 34.6 Å². The molecule has 1 aromatic carbocycles. The number of carbonyl (C=O) groups excluding carboxylic acids is 3. The minimum Gasteiger partial charge on any atom is -0.511 e. The molecule has 0 saturated heterocycles. The number of halogens is 1. The molecule has 1 saturated carbocycles. The normalized spacial score (nSPS) is 24.4. The summed E-state index contributed by atoms with van der Waals surface area (Å²) in [6, 6.07) is 6.60. The van der Waals surface area contributed by atoms with Crippen LogP contribution in [0.15, 0.2) is 47.4 Å². The van der Waals surface area contributed by atoms with E-state index in [0.717, 1.165) is 11.1 Å². The molecule has 0 spiro atoms. The van der Waals surface area contributed by atoms with Crippen LogP contribution in [0.5, 0.6) is 5.75 Å². The second-order valence-corrected chi connectivity index (χ2v) is 9.19. The number of nitrogens with zero attached hydrogens (tertiary/aromatic N) is 1. The molecular formula is C25H20ClNO6. The number of allylic oxidation sites excluding steroid dienone is 3. The average Bonchev–Trinajstić information content (AvgIpc) is 2.74. The van der Waals surface area contributed by atoms with Crippen LogP contribution < -0.4 is 0 Å². The van der Waals surface area contributed by atoms with Gasteiger partial charge in [-0.05, 0) is 60.9 Å². The lowest BCUT2D eigenvalue weighted by molar-refractivity contribution is -0.127. The van der Waals surface area contributed by atoms with E-state index >= 15 is 0 Å². The van der Waals surface area contributed by atoms with Gasteiger partial charge in [-0.2, -0.15) is 0 Å². The summed E-state index contributed by atoms with van der Waals surface area (Å²) in [5, 5.41) is 32.7. The van der Waals surface area contributed by atoms with Crippen molar-refractivity contribution in [2.75, 3.05) is 0 Å². The minimum atomic E-state index is -1.05. The van der Waals surface area contributed by atoms with Crippen LogP contribution in [0.25, 0.3) is 16.9 Å². The molecule has 33 heavy (non-hydrogen) atoms. The second-order valence-electron chi connectivity index (χ2n) is 8.80. The van der Waals surface area contributed by atoms with Gasteiger partial charge in [0.2, 0.25) is 0 Å². The maximum atomic E-state index is 13.5. The van der Waals surface area contributed by atoms with Gasteiger partial charge in [0.05, 0.1) is 17.1 Å². The fourth-order valence-electron chi connectivity index (χ4n) is 5.56. The molecule has 0 amide bonds. The highest BCUT2D eigenvalue weighted by Gasteiger charge is 2.50. The van der Waals surface area contributed by atoms with Gasteiger partial charge in [0, 0.05) is 23.8 Å². The number of pyridine rings is 1. The number of ketones is 3. The lowest BCUT2D eigenvalue weighted by atomic mass is 9.61. The van der Waals surface area contributed by atoms with Gasteiger partial charge in [-0.1, -0.05) is 17.7 Å². The van der Waals surface area contributed by atoms with Gasteiger partial charge < -0.3 is 15.3 Å². The number of aromatic nitrogens is 1. The number of benzene rings is 1. The molecule has 3 aliphatic carbocycles. The standard InChI is InChI=1S/C25H20ClNO6/c1-10(28)19-17(30)8-13-6-12-7-15-14(11-2-5-18(26)27-9-11)3-4-16(29)22(15)25(33)20(12)24(32)21(13)23(19)31/h2-5,9,12-13,21,29,31,33H,6-8H2,1H3. The van der Waals surface area contributed by atoms with Crippen molar-refractivity contribution in [2.45, 2.75) is 26.2 Å². The molecule has 3 aliphatic rings. The van der Waals surface area contributed by atoms with E-state index in [1.165, 1.54) is 13.0 Å². The minimum absolute atomic E-state index is 0.0131. The maximum Gasteiger partial charge on any atom is 0.173 e. The lowest BCUT2D eigenvalue weighted by Crippen LogP contribution is -2.43. The molecule has 3 unspecified atom stereocenters. The number of aliphatic hydroxyl groups is 2. The molecule has 7 nitrogen and oxygen atoms in total. The van der Waals surface area contributed by atoms with E-state index in [1.54, 1.807) is 24.4 Å². The SMILES string of the molecule is CC(=O)C1=C(O)C2C(=O)C3=C(O)c4c(O)ccc(-c5ccc(Cl)nc5)c4CC3CC2CC1=O. The van der Waals surface area contributed by atoms with Crippen LogP contribution in [0.4, 0.5) is 0 Å². The third-order valence-corrected chi connectivity index (χ3v) is 7.14. The Balaban J connectivity index is 1.67. The molecule has 3 N–H and O–H groups in total. The molecule has 2 aromatic rings. The first-order valence-corrected chi connectivity index (χ1v) is 11.0. The molecule has 5 rings (SSSR count). The van der Waals surface area contributed by atoms with Crippen LogP contribution in [-0.4, -0.2) is 37.7 Å². The van der Waals surface area contributed by atoms with Gasteiger partial charge in [0.1, 0.15) is 22.4 Å². The first-order chi connectivity index (χ1) is 15.7.